The molecule has 0 amide bonds. The van der Waals surface area contributed by atoms with E-state index in [4.69, 9.17) is 5.73 Å². The van der Waals surface area contributed by atoms with Crippen LogP contribution < -0.4 is 5.73 Å². The fourth-order valence-corrected chi connectivity index (χ4v) is 3.10. The Balaban J connectivity index is 2.53. The first kappa shape index (κ1) is 14.2. The summed E-state index contributed by atoms with van der Waals surface area (Å²) in [6, 6.07) is 8.96. The molecule has 19 heavy (non-hydrogen) atoms. The highest BCUT2D eigenvalue weighted by Gasteiger charge is 2.18. The summed E-state index contributed by atoms with van der Waals surface area (Å²) in [5, 5.41) is 0. The standard InChI is InChI=1S/C16H17BrFN/c1-9-4-5-12(13(17)7-9)16(19)15-11(3)6-10(2)8-14(15)18/h4-8,16H,19H2,1-3H3. The number of aryl methyl sites for hydroxylation is 3. The van der Waals surface area contributed by atoms with Crippen LogP contribution in [0.25, 0.3) is 0 Å². The molecule has 2 aromatic carbocycles. The van der Waals surface area contributed by atoms with Gasteiger partial charge in [0.05, 0.1) is 6.04 Å². The van der Waals surface area contributed by atoms with E-state index in [0.717, 1.165) is 26.7 Å². The maximum atomic E-state index is 14.2. The lowest BCUT2D eigenvalue weighted by molar-refractivity contribution is 0.595. The van der Waals surface area contributed by atoms with E-state index in [2.05, 4.69) is 15.9 Å². The van der Waals surface area contributed by atoms with Crippen LogP contribution in [-0.2, 0) is 0 Å². The number of rotatable bonds is 2. The van der Waals surface area contributed by atoms with E-state index >= 15 is 0 Å². The van der Waals surface area contributed by atoms with Crippen molar-refractivity contribution < 1.29 is 4.39 Å². The van der Waals surface area contributed by atoms with Gasteiger partial charge in [-0.05, 0) is 55.2 Å². The van der Waals surface area contributed by atoms with E-state index in [1.807, 2.05) is 45.0 Å². The minimum absolute atomic E-state index is 0.238. The van der Waals surface area contributed by atoms with Crippen molar-refractivity contribution in [2.45, 2.75) is 26.8 Å². The molecule has 2 N–H and O–H groups in total. The van der Waals surface area contributed by atoms with Gasteiger partial charge in [-0.25, -0.2) is 4.39 Å². The Morgan fingerprint density at radius 3 is 2.32 bits per heavy atom. The third kappa shape index (κ3) is 2.88. The molecule has 1 unspecified atom stereocenters. The highest BCUT2D eigenvalue weighted by atomic mass is 79.9. The van der Waals surface area contributed by atoms with Crippen molar-refractivity contribution in [1.29, 1.82) is 0 Å². The maximum absolute atomic E-state index is 14.2. The lowest BCUT2D eigenvalue weighted by Crippen LogP contribution is -2.16. The molecule has 0 bridgehead atoms. The van der Waals surface area contributed by atoms with Crippen molar-refractivity contribution in [3.05, 3.63) is 68.4 Å². The molecule has 0 saturated heterocycles. The van der Waals surface area contributed by atoms with Gasteiger partial charge in [-0.1, -0.05) is 34.1 Å². The van der Waals surface area contributed by atoms with Crippen LogP contribution in [-0.4, -0.2) is 0 Å². The Kier molecular flexibility index (Phi) is 4.07. The average molecular weight is 322 g/mol. The molecule has 0 aromatic heterocycles. The first-order chi connectivity index (χ1) is 8.90. The second kappa shape index (κ2) is 5.43. The van der Waals surface area contributed by atoms with Crippen LogP contribution in [0.2, 0.25) is 0 Å². The van der Waals surface area contributed by atoms with Gasteiger partial charge < -0.3 is 5.73 Å². The lowest BCUT2D eigenvalue weighted by Gasteiger charge is -2.18. The zero-order valence-electron chi connectivity index (χ0n) is 11.3. The van der Waals surface area contributed by atoms with Crippen LogP contribution in [0.4, 0.5) is 4.39 Å². The molecule has 1 atom stereocenters. The maximum Gasteiger partial charge on any atom is 0.128 e. The summed E-state index contributed by atoms with van der Waals surface area (Å²) in [7, 11) is 0. The number of nitrogens with two attached hydrogens (primary N) is 1. The zero-order chi connectivity index (χ0) is 14.2. The molecule has 0 aliphatic heterocycles. The Labute approximate surface area is 121 Å². The van der Waals surface area contributed by atoms with E-state index in [-0.39, 0.29) is 5.82 Å². The number of hydrogen-bond donors (Lipinski definition) is 1. The molecule has 0 fully saturated rings. The van der Waals surface area contributed by atoms with E-state index < -0.39 is 6.04 Å². The fraction of sp³-hybridized carbons (Fsp3) is 0.250. The summed E-state index contributed by atoms with van der Waals surface area (Å²) >= 11 is 3.51. The molecule has 1 nitrogen and oxygen atoms in total. The van der Waals surface area contributed by atoms with Gasteiger partial charge in [0.2, 0.25) is 0 Å². The molecule has 0 saturated carbocycles. The van der Waals surface area contributed by atoms with Crippen LogP contribution in [0.1, 0.15) is 33.9 Å². The first-order valence-corrected chi connectivity index (χ1v) is 6.97. The Hall–Kier alpha value is -1.19. The van der Waals surface area contributed by atoms with Crippen molar-refractivity contribution in [3.8, 4) is 0 Å². The molecule has 0 aliphatic rings. The van der Waals surface area contributed by atoms with E-state index in [0.29, 0.717) is 5.56 Å². The Bertz CT molecular complexity index is 599. The molecular weight excluding hydrogens is 305 g/mol. The minimum atomic E-state index is -0.462. The quantitative estimate of drug-likeness (QED) is 0.862. The number of hydrogen-bond acceptors (Lipinski definition) is 1. The molecule has 2 aromatic rings. The highest BCUT2D eigenvalue weighted by molar-refractivity contribution is 9.10. The lowest BCUT2D eigenvalue weighted by atomic mass is 9.93. The SMILES string of the molecule is Cc1cc(C)c(C(N)c2ccc(C)cc2Br)c(F)c1. The van der Waals surface area contributed by atoms with Crippen LogP contribution >= 0.6 is 15.9 Å². The van der Waals surface area contributed by atoms with Crippen LogP contribution in [0.3, 0.4) is 0 Å². The van der Waals surface area contributed by atoms with Gasteiger partial charge in [-0.2, -0.15) is 0 Å². The second-order valence-electron chi connectivity index (χ2n) is 4.98. The van der Waals surface area contributed by atoms with E-state index in [1.54, 1.807) is 0 Å². The molecule has 100 valence electrons. The summed E-state index contributed by atoms with van der Waals surface area (Å²) in [6.45, 7) is 5.79. The monoisotopic (exact) mass is 321 g/mol. The molecular formula is C16H17BrFN. The van der Waals surface area contributed by atoms with Crippen LogP contribution in [0.15, 0.2) is 34.8 Å². The summed E-state index contributed by atoms with van der Waals surface area (Å²) in [4.78, 5) is 0. The molecule has 0 spiro atoms. The van der Waals surface area contributed by atoms with Gasteiger partial charge in [0.1, 0.15) is 5.82 Å². The van der Waals surface area contributed by atoms with E-state index in [9.17, 15) is 4.39 Å². The molecule has 0 heterocycles. The summed E-state index contributed by atoms with van der Waals surface area (Å²) < 4.78 is 15.1. The normalized spacial score (nSPS) is 12.5. The molecule has 0 radical (unpaired) electrons. The Morgan fingerprint density at radius 1 is 1.05 bits per heavy atom. The summed E-state index contributed by atoms with van der Waals surface area (Å²) in [5.41, 5.74) is 10.7. The van der Waals surface area contributed by atoms with Crippen molar-refractivity contribution >= 4 is 15.9 Å². The van der Waals surface area contributed by atoms with Crippen molar-refractivity contribution in [2.24, 2.45) is 5.73 Å². The van der Waals surface area contributed by atoms with Crippen molar-refractivity contribution in [2.75, 3.05) is 0 Å². The summed E-state index contributed by atoms with van der Waals surface area (Å²) in [5.74, 6) is -0.238. The van der Waals surface area contributed by atoms with Gasteiger partial charge in [0, 0.05) is 10.0 Å². The average Bonchev–Trinajstić information content (AvgIpc) is 2.26. The van der Waals surface area contributed by atoms with Gasteiger partial charge in [-0.3, -0.25) is 0 Å². The topological polar surface area (TPSA) is 26.0 Å². The van der Waals surface area contributed by atoms with Gasteiger partial charge in [-0.15, -0.1) is 0 Å². The van der Waals surface area contributed by atoms with Gasteiger partial charge >= 0.3 is 0 Å². The molecule has 2 rings (SSSR count). The predicted octanol–water partition coefficient (Wildman–Crippen LogP) is 4.56. The highest BCUT2D eigenvalue weighted by Crippen LogP contribution is 2.31. The third-order valence-electron chi connectivity index (χ3n) is 3.28. The number of halogens is 2. The van der Waals surface area contributed by atoms with Gasteiger partial charge in [0.25, 0.3) is 0 Å². The molecule has 0 aliphatic carbocycles. The largest absolute Gasteiger partial charge is 0.320 e. The van der Waals surface area contributed by atoms with Crippen molar-refractivity contribution in [1.82, 2.24) is 0 Å². The second-order valence-corrected chi connectivity index (χ2v) is 5.83. The van der Waals surface area contributed by atoms with Crippen LogP contribution in [0.5, 0.6) is 0 Å². The van der Waals surface area contributed by atoms with E-state index in [1.165, 1.54) is 6.07 Å². The summed E-state index contributed by atoms with van der Waals surface area (Å²) in [6.07, 6.45) is 0. The minimum Gasteiger partial charge on any atom is -0.320 e. The van der Waals surface area contributed by atoms with Crippen LogP contribution in [0, 0.1) is 26.6 Å². The fourth-order valence-electron chi connectivity index (χ4n) is 2.36. The third-order valence-corrected chi connectivity index (χ3v) is 3.97. The predicted molar refractivity (Wildman–Crippen MR) is 80.8 cm³/mol. The Morgan fingerprint density at radius 2 is 1.74 bits per heavy atom. The van der Waals surface area contributed by atoms with Crippen molar-refractivity contribution in [3.63, 3.8) is 0 Å². The zero-order valence-corrected chi connectivity index (χ0v) is 12.9. The molecule has 3 heteroatoms. The first-order valence-electron chi connectivity index (χ1n) is 6.18. The van der Waals surface area contributed by atoms with Gasteiger partial charge in [0.15, 0.2) is 0 Å². The smallest absolute Gasteiger partial charge is 0.128 e. The number of benzene rings is 2.